The largest absolute Gasteiger partial charge is 0.352 e. The number of hydrogen-bond acceptors (Lipinski definition) is 3. The molecule has 4 rings (SSSR count). The number of halogens is 2. The van der Waals surface area contributed by atoms with E-state index < -0.39 is 11.6 Å². The predicted molar refractivity (Wildman–Crippen MR) is 116 cm³/mol. The van der Waals surface area contributed by atoms with Crippen LogP contribution in [-0.4, -0.2) is 33.4 Å². The van der Waals surface area contributed by atoms with Gasteiger partial charge in [-0.05, 0) is 61.6 Å². The first-order valence-corrected chi connectivity index (χ1v) is 10.8. The van der Waals surface area contributed by atoms with Crippen LogP contribution in [0.15, 0.2) is 42.5 Å². The summed E-state index contributed by atoms with van der Waals surface area (Å²) in [6.07, 6.45) is 3.50. The lowest BCUT2D eigenvalue weighted by molar-refractivity contribution is -0.121. The highest BCUT2D eigenvalue weighted by atomic mass is 19.2. The molecule has 1 aromatic heterocycles. The summed E-state index contributed by atoms with van der Waals surface area (Å²) in [5.74, 6) is -0.300. The van der Waals surface area contributed by atoms with Crippen molar-refractivity contribution in [1.29, 1.82) is 0 Å². The van der Waals surface area contributed by atoms with E-state index in [0.717, 1.165) is 67.9 Å². The Labute approximate surface area is 181 Å². The van der Waals surface area contributed by atoms with E-state index in [1.807, 2.05) is 18.2 Å². The van der Waals surface area contributed by atoms with Gasteiger partial charge in [-0.3, -0.25) is 9.69 Å². The molecule has 1 N–H and O–H groups in total. The zero-order valence-electron chi connectivity index (χ0n) is 17.8. The lowest BCUT2D eigenvalue weighted by Crippen LogP contribution is -2.36. The van der Waals surface area contributed by atoms with Gasteiger partial charge in [0.25, 0.3) is 0 Å². The summed E-state index contributed by atoms with van der Waals surface area (Å²) in [6, 6.07) is 11.9. The molecule has 1 amide bonds. The smallest absolute Gasteiger partial charge is 0.220 e. The number of imidazole rings is 1. The molecule has 0 radical (unpaired) electrons. The van der Waals surface area contributed by atoms with Gasteiger partial charge in [-0.2, -0.15) is 0 Å². The second-order valence-electron chi connectivity index (χ2n) is 8.38. The van der Waals surface area contributed by atoms with Crippen molar-refractivity contribution in [2.45, 2.75) is 38.8 Å². The Morgan fingerprint density at radius 1 is 1.19 bits per heavy atom. The normalized spacial score (nSPS) is 17.2. The number of fused-ring (bicyclic) bond motifs is 1. The second-order valence-corrected chi connectivity index (χ2v) is 8.38. The standard InChI is InChI=1S/C24H28F2N4O/c1-29-22-7-3-2-6-21(22)28-23(29)16-30-12-4-5-17(15-30)9-11-24(31)27-14-18-8-10-19(25)20(26)13-18/h2-3,6-8,10,13,17H,4-5,9,11-12,14-16H2,1H3,(H,27,31). The van der Waals surface area contributed by atoms with Gasteiger partial charge in [0.1, 0.15) is 5.82 Å². The van der Waals surface area contributed by atoms with Crippen molar-refractivity contribution in [3.8, 4) is 0 Å². The summed E-state index contributed by atoms with van der Waals surface area (Å²) in [5.41, 5.74) is 2.72. The highest BCUT2D eigenvalue weighted by Gasteiger charge is 2.22. The summed E-state index contributed by atoms with van der Waals surface area (Å²) < 4.78 is 28.4. The van der Waals surface area contributed by atoms with Crippen LogP contribution in [0.4, 0.5) is 8.78 Å². The molecule has 2 aromatic carbocycles. The molecule has 1 unspecified atom stereocenters. The average molecular weight is 427 g/mol. The number of amides is 1. The number of nitrogens with zero attached hydrogens (tertiary/aromatic N) is 3. The fraction of sp³-hybridized carbons (Fsp3) is 0.417. The molecular weight excluding hydrogens is 398 g/mol. The molecule has 1 fully saturated rings. The Hall–Kier alpha value is -2.80. The molecule has 0 aliphatic carbocycles. The Morgan fingerprint density at radius 2 is 2.03 bits per heavy atom. The predicted octanol–water partition coefficient (Wildman–Crippen LogP) is 4.16. The number of aryl methyl sites for hydroxylation is 1. The van der Waals surface area contributed by atoms with E-state index >= 15 is 0 Å². The van der Waals surface area contributed by atoms with Gasteiger partial charge in [0.2, 0.25) is 5.91 Å². The lowest BCUT2D eigenvalue weighted by atomic mass is 9.93. The molecule has 5 nitrogen and oxygen atoms in total. The first-order valence-electron chi connectivity index (χ1n) is 10.8. The van der Waals surface area contributed by atoms with E-state index in [-0.39, 0.29) is 12.5 Å². The molecule has 3 aromatic rings. The maximum atomic E-state index is 13.3. The number of carbonyl (C=O) groups is 1. The van der Waals surface area contributed by atoms with E-state index in [4.69, 9.17) is 4.98 Å². The Kier molecular flexibility index (Phi) is 6.61. The monoisotopic (exact) mass is 426 g/mol. The minimum atomic E-state index is -0.894. The molecule has 0 saturated carbocycles. The Morgan fingerprint density at radius 3 is 2.84 bits per heavy atom. The van der Waals surface area contributed by atoms with Crippen LogP contribution in [0.5, 0.6) is 0 Å². The quantitative estimate of drug-likeness (QED) is 0.617. The second kappa shape index (κ2) is 9.56. The van der Waals surface area contributed by atoms with Crippen LogP contribution in [0.25, 0.3) is 11.0 Å². The highest BCUT2D eigenvalue weighted by Crippen LogP contribution is 2.23. The fourth-order valence-corrected chi connectivity index (χ4v) is 4.34. The zero-order chi connectivity index (χ0) is 21.8. The van der Waals surface area contributed by atoms with Crippen LogP contribution in [0.3, 0.4) is 0 Å². The summed E-state index contributed by atoms with van der Waals surface area (Å²) in [4.78, 5) is 19.4. The van der Waals surface area contributed by atoms with Crippen molar-refractivity contribution in [2.75, 3.05) is 13.1 Å². The van der Waals surface area contributed by atoms with Crippen molar-refractivity contribution in [2.24, 2.45) is 13.0 Å². The van der Waals surface area contributed by atoms with Crippen LogP contribution in [0, 0.1) is 17.6 Å². The highest BCUT2D eigenvalue weighted by molar-refractivity contribution is 5.76. The topological polar surface area (TPSA) is 50.2 Å². The molecule has 31 heavy (non-hydrogen) atoms. The number of para-hydroxylation sites is 2. The number of aromatic nitrogens is 2. The van der Waals surface area contributed by atoms with Crippen LogP contribution in [-0.2, 0) is 24.9 Å². The molecule has 1 aliphatic rings. The minimum Gasteiger partial charge on any atom is -0.352 e. The molecule has 2 heterocycles. The van der Waals surface area contributed by atoms with Crippen molar-refractivity contribution in [3.63, 3.8) is 0 Å². The van der Waals surface area contributed by atoms with Gasteiger partial charge >= 0.3 is 0 Å². The molecule has 1 aliphatic heterocycles. The van der Waals surface area contributed by atoms with Gasteiger partial charge in [0.15, 0.2) is 11.6 Å². The van der Waals surface area contributed by atoms with Crippen molar-refractivity contribution >= 4 is 16.9 Å². The van der Waals surface area contributed by atoms with Gasteiger partial charge in [-0.15, -0.1) is 0 Å². The van der Waals surface area contributed by atoms with E-state index in [2.05, 4.69) is 27.9 Å². The van der Waals surface area contributed by atoms with Crippen molar-refractivity contribution < 1.29 is 13.6 Å². The van der Waals surface area contributed by atoms with Crippen molar-refractivity contribution in [3.05, 3.63) is 65.5 Å². The first kappa shape index (κ1) is 21.4. The third-order valence-electron chi connectivity index (χ3n) is 6.10. The summed E-state index contributed by atoms with van der Waals surface area (Å²) in [6.45, 7) is 3.02. The van der Waals surface area contributed by atoms with E-state index in [0.29, 0.717) is 17.9 Å². The Balaban J connectivity index is 1.25. The molecule has 7 heteroatoms. The van der Waals surface area contributed by atoms with Gasteiger partial charge in [0.05, 0.1) is 17.6 Å². The average Bonchev–Trinajstić information content (AvgIpc) is 3.09. The SMILES string of the molecule is Cn1c(CN2CCCC(CCC(=O)NCc3ccc(F)c(F)c3)C2)nc2ccccc21. The summed E-state index contributed by atoms with van der Waals surface area (Å²) in [5, 5.41) is 2.80. The number of nitrogens with one attached hydrogen (secondary N) is 1. The number of carbonyl (C=O) groups excluding carboxylic acids is 1. The minimum absolute atomic E-state index is 0.0581. The molecule has 1 atom stereocenters. The molecule has 0 spiro atoms. The number of rotatable bonds is 7. The maximum absolute atomic E-state index is 13.3. The van der Waals surface area contributed by atoms with Crippen LogP contribution in [0.1, 0.15) is 37.1 Å². The van der Waals surface area contributed by atoms with Gasteiger partial charge in [0, 0.05) is 26.6 Å². The first-order chi connectivity index (χ1) is 15.0. The van der Waals surface area contributed by atoms with Gasteiger partial charge in [-0.25, -0.2) is 13.8 Å². The van der Waals surface area contributed by atoms with Crippen molar-refractivity contribution in [1.82, 2.24) is 19.8 Å². The third kappa shape index (κ3) is 5.28. The number of hydrogen-bond donors (Lipinski definition) is 1. The van der Waals surface area contributed by atoms with E-state index in [1.54, 1.807) is 0 Å². The number of piperidine rings is 1. The molecule has 0 bridgehead atoms. The number of benzene rings is 2. The third-order valence-corrected chi connectivity index (χ3v) is 6.10. The van der Waals surface area contributed by atoms with Gasteiger partial charge in [-0.1, -0.05) is 18.2 Å². The zero-order valence-corrected chi connectivity index (χ0v) is 17.8. The molecule has 164 valence electrons. The fourth-order valence-electron chi connectivity index (χ4n) is 4.34. The van der Waals surface area contributed by atoms with Crippen LogP contribution in [0.2, 0.25) is 0 Å². The Bertz CT molecular complexity index is 1060. The van der Waals surface area contributed by atoms with Crippen LogP contribution >= 0.6 is 0 Å². The van der Waals surface area contributed by atoms with Crippen LogP contribution < -0.4 is 5.32 Å². The molecule has 1 saturated heterocycles. The van der Waals surface area contributed by atoms with E-state index in [1.165, 1.54) is 6.07 Å². The summed E-state index contributed by atoms with van der Waals surface area (Å²) in [7, 11) is 2.06. The van der Waals surface area contributed by atoms with E-state index in [9.17, 15) is 13.6 Å². The maximum Gasteiger partial charge on any atom is 0.220 e. The van der Waals surface area contributed by atoms with Gasteiger partial charge < -0.3 is 9.88 Å². The lowest BCUT2D eigenvalue weighted by Gasteiger charge is -2.32. The number of likely N-dealkylation sites (tertiary alicyclic amines) is 1. The molecular formula is C24H28F2N4O. The summed E-state index contributed by atoms with van der Waals surface area (Å²) >= 11 is 0.